The zero-order valence-electron chi connectivity index (χ0n) is 11.1. The van der Waals surface area contributed by atoms with Crippen LogP contribution in [0.2, 0.25) is 0 Å². The molecule has 0 aliphatic heterocycles. The van der Waals surface area contributed by atoms with Crippen LogP contribution in [-0.2, 0) is 16.1 Å². The quantitative estimate of drug-likeness (QED) is 0.769. The van der Waals surface area contributed by atoms with Gasteiger partial charge >= 0.3 is 0 Å². The lowest BCUT2D eigenvalue weighted by Crippen LogP contribution is -2.40. The van der Waals surface area contributed by atoms with Crippen LogP contribution in [0.5, 0.6) is 0 Å². The Morgan fingerprint density at radius 3 is 2.42 bits per heavy atom. The Morgan fingerprint density at radius 1 is 1.21 bits per heavy atom. The highest BCUT2D eigenvalue weighted by molar-refractivity contribution is 5.85. The number of nitrogens with one attached hydrogen (secondary N) is 2. The van der Waals surface area contributed by atoms with Crippen molar-refractivity contribution in [2.45, 2.75) is 6.54 Å². The highest BCUT2D eigenvalue weighted by atomic mass is 19.1. The minimum absolute atomic E-state index is 0.0281. The lowest BCUT2D eigenvalue weighted by Gasteiger charge is -2.16. The van der Waals surface area contributed by atoms with Gasteiger partial charge in [-0.1, -0.05) is 12.1 Å². The lowest BCUT2D eigenvalue weighted by atomic mass is 10.2. The first-order valence-corrected chi connectivity index (χ1v) is 5.91. The van der Waals surface area contributed by atoms with Gasteiger partial charge in [-0.2, -0.15) is 0 Å². The van der Waals surface area contributed by atoms with Gasteiger partial charge in [0.1, 0.15) is 5.82 Å². The van der Waals surface area contributed by atoms with E-state index in [1.807, 2.05) is 0 Å². The first kappa shape index (κ1) is 15.1. The molecule has 0 radical (unpaired) electrons. The molecular formula is C13H18FN3O2. The van der Waals surface area contributed by atoms with Crippen molar-refractivity contribution in [3.8, 4) is 0 Å². The van der Waals surface area contributed by atoms with Crippen molar-refractivity contribution in [2.75, 3.05) is 27.2 Å². The van der Waals surface area contributed by atoms with Gasteiger partial charge in [0.05, 0.1) is 13.1 Å². The number of halogens is 1. The highest BCUT2D eigenvalue weighted by Crippen LogP contribution is 2.05. The minimum atomic E-state index is -0.283. The van der Waals surface area contributed by atoms with E-state index in [1.54, 1.807) is 24.1 Å². The molecule has 0 spiro atoms. The number of amides is 2. The predicted molar refractivity (Wildman–Crippen MR) is 69.8 cm³/mol. The average molecular weight is 267 g/mol. The van der Waals surface area contributed by atoms with Crippen LogP contribution >= 0.6 is 0 Å². The zero-order chi connectivity index (χ0) is 14.3. The maximum Gasteiger partial charge on any atom is 0.239 e. The van der Waals surface area contributed by atoms with E-state index in [1.165, 1.54) is 19.2 Å². The van der Waals surface area contributed by atoms with Crippen LogP contribution in [0.25, 0.3) is 0 Å². The van der Waals surface area contributed by atoms with E-state index in [2.05, 4.69) is 10.6 Å². The van der Waals surface area contributed by atoms with Gasteiger partial charge in [-0.25, -0.2) is 4.39 Å². The van der Waals surface area contributed by atoms with Crippen LogP contribution in [-0.4, -0.2) is 43.9 Å². The Bertz CT molecular complexity index is 434. The number of nitrogens with zero attached hydrogens (tertiary/aromatic N) is 1. The number of carbonyl (C=O) groups excluding carboxylic acids is 2. The lowest BCUT2D eigenvalue weighted by molar-refractivity contribution is -0.126. The number of benzene rings is 1. The topological polar surface area (TPSA) is 61.4 Å². The molecule has 0 fully saturated rings. The Hall–Kier alpha value is -1.95. The Balaban J connectivity index is 2.34. The van der Waals surface area contributed by atoms with Crippen molar-refractivity contribution in [2.24, 2.45) is 0 Å². The van der Waals surface area contributed by atoms with Gasteiger partial charge in [-0.15, -0.1) is 0 Å². The monoisotopic (exact) mass is 267 g/mol. The third-order valence-electron chi connectivity index (χ3n) is 2.50. The van der Waals surface area contributed by atoms with Gasteiger partial charge < -0.3 is 10.6 Å². The standard InChI is InChI=1S/C13H18FN3O2/c1-15-12(18)7-16-13(19)9-17(2)8-10-3-5-11(14)6-4-10/h3-6H,7-9H2,1-2H3,(H,15,18)(H,16,19). The number of likely N-dealkylation sites (N-methyl/N-ethyl adjacent to an activating group) is 2. The van der Waals surface area contributed by atoms with Crippen molar-refractivity contribution in [3.63, 3.8) is 0 Å². The third-order valence-corrected chi connectivity index (χ3v) is 2.50. The van der Waals surface area contributed by atoms with E-state index in [0.29, 0.717) is 6.54 Å². The molecule has 0 aliphatic rings. The van der Waals surface area contributed by atoms with Gasteiger partial charge in [0.2, 0.25) is 11.8 Å². The molecule has 0 bridgehead atoms. The largest absolute Gasteiger partial charge is 0.358 e. The third kappa shape index (κ3) is 5.96. The summed E-state index contributed by atoms with van der Waals surface area (Å²) in [4.78, 5) is 24.3. The van der Waals surface area contributed by atoms with Crippen LogP contribution in [0.3, 0.4) is 0 Å². The second-order valence-electron chi connectivity index (χ2n) is 4.25. The summed E-state index contributed by atoms with van der Waals surface area (Å²) in [6.07, 6.45) is 0. The molecule has 2 amide bonds. The van der Waals surface area contributed by atoms with Crippen molar-refractivity contribution in [1.82, 2.24) is 15.5 Å². The van der Waals surface area contributed by atoms with Crippen LogP contribution < -0.4 is 10.6 Å². The fourth-order valence-electron chi connectivity index (χ4n) is 1.53. The first-order chi connectivity index (χ1) is 9.01. The first-order valence-electron chi connectivity index (χ1n) is 5.91. The van der Waals surface area contributed by atoms with E-state index < -0.39 is 0 Å². The van der Waals surface area contributed by atoms with Crippen LogP contribution in [0.1, 0.15) is 5.56 Å². The van der Waals surface area contributed by atoms with Crippen molar-refractivity contribution >= 4 is 11.8 Å². The van der Waals surface area contributed by atoms with E-state index in [0.717, 1.165) is 5.56 Å². The molecule has 5 nitrogen and oxygen atoms in total. The van der Waals surface area contributed by atoms with E-state index in [9.17, 15) is 14.0 Å². The summed E-state index contributed by atoms with van der Waals surface area (Å²) >= 11 is 0. The SMILES string of the molecule is CNC(=O)CNC(=O)CN(C)Cc1ccc(F)cc1. The molecule has 0 saturated carbocycles. The molecule has 1 aromatic rings. The van der Waals surface area contributed by atoms with Gasteiger partial charge in [-0.3, -0.25) is 14.5 Å². The summed E-state index contributed by atoms with van der Waals surface area (Å²) in [5.74, 6) is -0.752. The summed E-state index contributed by atoms with van der Waals surface area (Å²) in [7, 11) is 3.29. The second kappa shape index (κ2) is 7.48. The number of hydrogen-bond donors (Lipinski definition) is 2. The van der Waals surface area contributed by atoms with Gasteiger partial charge in [0.25, 0.3) is 0 Å². The average Bonchev–Trinajstić information content (AvgIpc) is 2.38. The van der Waals surface area contributed by atoms with Crippen molar-refractivity contribution in [1.29, 1.82) is 0 Å². The van der Waals surface area contributed by atoms with Gasteiger partial charge in [0, 0.05) is 13.6 Å². The zero-order valence-corrected chi connectivity index (χ0v) is 11.1. The predicted octanol–water partition coefficient (Wildman–Crippen LogP) is 0.120. The Kier molecular flexibility index (Phi) is 5.95. The second-order valence-corrected chi connectivity index (χ2v) is 4.25. The molecule has 19 heavy (non-hydrogen) atoms. The summed E-state index contributed by atoms with van der Waals surface area (Å²) in [6, 6.07) is 6.12. The smallest absolute Gasteiger partial charge is 0.239 e. The van der Waals surface area contributed by atoms with Crippen LogP contribution in [0, 0.1) is 5.82 Å². The molecule has 0 aliphatic carbocycles. The summed E-state index contributed by atoms with van der Waals surface area (Å²) in [6.45, 7) is 0.682. The van der Waals surface area contributed by atoms with Gasteiger partial charge in [0.15, 0.2) is 0 Å². The Labute approximate surface area is 111 Å². The summed E-state index contributed by atoms with van der Waals surface area (Å²) in [5, 5.41) is 4.92. The number of carbonyl (C=O) groups is 2. The van der Waals surface area contributed by atoms with Crippen molar-refractivity contribution in [3.05, 3.63) is 35.6 Å². The van der Waals surface area contributed by atoms with Crippen molar-refractivity contribution < 1.29 is 14.0 Å². The molecule has 104 valence electrons. The number of hydrogen-bond acceptors (Lipinski definition) is 3. The normalized spacial score (nSPS) is 10.3. The molecule has 0 unspecified atom stereocenters. The van der Waals surface area contributed by atoms with Crippen LogP contribution in [0.4, 0.5) is 4.39 Å². The van der Waals surface area contributed by atoms with E-state index in [4.69, 9.17) is 0 Å². The van der Waals surface area contributed by atoms with E-state index >= 15 is 0 Å². The molecule has 0 atom stereocenters. The maximum absolute atomic E-state index is 12.7. The molecule has 2 N–H and O–H groups in total. The molecule has 1 rings (SSSR count). The molecule has 0 saturated heterocycles. The molecular weight excluding hydrogens is 249 g/mol. The molecule has 1 aromatic carbocycles. The molecule has 6 heteroatoms. The molecule has 0 aromatic heterocycles. The maximum atomic E-state index is 12.7. The highest BCUT2D eigenvalue weighted by Gasteiger charge is 2.08. The van der Waals surface area contributed by atoms with Gasteiger partial charge in [-0.05, 0) is 24.7 Å². The minimum Gasteiger partial charge on any atom is -0.358 e. The fraction of sp³-hybridized carbons (Fsp3) is 0.385. The molecule has 0 heterocycles. The van der Waals surface area contributed by atoms with E-state index in [-0.39, 0.29) is 30.7 Å². The Morgan fingerprint density at radius 2 is 1.84 bits per heavy atom. The number of rotatable bonds is 6. The van der Waals surface area contributed by atoms with Crippen LogP contribution in [0.15, 0.2) is 24.3 Å². The fourth-order valence-corrected chi connectivity index (χ4v) is 1.53. The summed E-state index contributed by atoms with van der Waals surface area (Å²) in [5.41, 5.74) is 0.919. The summed E-state index contributed by atoms with van der Waals surface area (Å²) < 4.78 is 12.7.